The molecule has 0 saturated carbocycles. The molecule has 10 heteroatoms. The summed E-state index contributed by atoms with van der Waals surface area (Å²) < 4.78 is 30.4. The van der Waals surface area contributed by atoms with Gasteiger partial charge in [-0.15, -0.1) is 0 Å². The number of pyridine rings is 2. The second-order valence-electron chi connectivity index (χ2n) is 7.43. The van der Waals surface area contributed by atoms with Gasteiger partial charge in [0.05, 0.1) is 35.2 Å². The molecular weight excluding hydrogens is 442 g/mol. The first-order valence-electron chi connectivity index (χ1n) is 10.4. The quantitative estimate of drug-likeness (QED) is 0.397. The van der Waals surface area contributed by atoms with Crippen LogP contribution < -0.4 is 4.72 Å². The fourth-order valence-electron chi connectivity index (χ4n) is 3.45. The Morgan fingerprint density at radius 3 is 2.42 bits per heavy atom. The fourth-order valence-corrected chi connectivity index (χ4v) is 3.95. The number of esters is 1. The Morgan fingerprint density at radius 2 is 1.82 bits per heavy atom. The summed E-state index contributed by atoms with van der Waals surface area (Å²) in [5.74, 6) is -0.298. The summed E-state index contributed by atoms with van der Waals surface area (Å²) in [6.07, 6.45) is 3.46. The third kappa shape index (κ3) is 4.85. The van der Waals surface area contributed by atoms with Crippen LogP contribution in [-0.2, 0) is 21.2 Å². The van der Waals surface area contributed by atoms with Crippen molar-refractivity contribution in [1.29, 1.82) is 0 Å². The minimum Gasteiger partial charge on any atom is -0.462 e. The van der Waals surface area contributed by atoms with E-state index < -0.39 is 16.0 Å². The molecule has 0 saturated heterocycles. The van der Waals surface area contributed by atoms with Crippen LogP contribution in [0.5, 0.6) is 0 Å². The molecule has 9 nitrogen and oxygen atoms in total. The lowest BCUT2D eigenvalue weighted by Gasteiger charge is -2.09. The minimum atomic E-state index is -3.44. The second kappa shape index (κ2) is 8.99. The molecule has 33 heavy (non-hydrogen) atoms. The Hall–Kier alpha value is -3.79. The van der Waals surface area contributed by atoms with E-state index in [0.29, 0.717) is 33.5 Å². The van der Waals surface area contributed by atoms with Crippen LogP contribution in [-0.4, -0.2) is 47.4 Å². The van der Waals surface area contributed by atoms with Crippen LogP contribution in [0, 0.1) is 0 Å². The number of sulfonamides is 1. The summed E-state index contributed by atoms with van der Waals surface area (Å²) >= 11 is 0. The second-order valence-corrected chi connectivity index (χ2v) is 9.18. The molecule has 0 unspecified atom stereocenters. The van der Waals surface area contributed by atoms with Crippen molar-refractivity contribution in [2.75, 3.05) is 17.6 Å². The van der Waals surface area contributed by atoms with E-state index in [2.05, 4.69) is 31.8 Å². The largest absolute Gasteiger partial charge is 0.462 e. The molecule has 1 aromatic carbocycles. The molecule has 4 aromatic rings. The van der Waals surface area contributed by atoms with Crippen molar-refractivity contribution < 1.29 is 17.9 Å². The van der Waals surface area contributed by atoms with E-state index in [9.17, 15) is 13.2 Å². The highest BCUT2D eigenvalue weighted by Crippen LogP contribution is 2.32. The van der Waals surface area contributed by atoms with Crippen LogP contribution in [0.3, 0.4) is 0 Å². The van der Waals surface area contributed by atoms with Crippen molar-refractivity contribution in [2.24, 2.45) is 0 Å². The Morgan fingerprint density at radius 1 is 1.09 bits per heavy atom. The number of benzene rings is 1. The van der Waals surface area contributed by atoms with Gasteiger partial charge in [-0.3, -0.25) is 9.82 Å². The summed E-state index contributed by atoms with van der Waals surface area (Å²) in [4.78, 5) is 21.6. The Bertz CT molecular complexity index is 1410. The van der Waals surface area contributed by atoms with E-state index in [4.69, 9.17) is 4.74 Å². The number of rotatable bonds is 7. The lowest BCUT2D eigenvalue weighted by atomic mass is 10.0. The molecule has 4 rings (SSSR count). The van der Waals surface area contributed by atoms with E-state index in [1.54, 1.807) is 19.1 Å². The van der Waals surface area contributed by atoms with Crippen LogP contribution in [0.15, 0.2) is 48.7 Å². The standard InChI is InChI=1S/C23H23N5O4S/c1-4-14-6-8-15(9-7-14)21-20-17(23(29)32-5-2)12-18(25-22(20)27-26-21)16-10-11-19(24-13-16)28-33(3,30)31/h6-13H,4-5H2,1-3H3,(H,24,28)(H,25,26,27). The maximum absolute atomic E-state index is 12.9. The summed E-state index contributed by atoms with van der Waals surface area (Å²) in [6, 6.07) is 12.9. The van der Waals surface area contributed by atoms with Crippen molar-refractivity contribution in [1.82, 2.24) is 20.2 Å². The lowest BCUT2D eigenvalue weighted by molar-refractivity contribution is 0.0528. The van der Waals surface area contributed by atoms with Gasteiger partial charge >= 0.3 is 5.97 Å². The zero-order valence-corrected chi connectivity index (χ0v) is 19.2. The van der Waals surface area contributed by atoms with Crippen LogP contribution in [0.1, 0.15) is 29.8 Å². The third-order valence-corrected chi connectivity index (χ3v) is 5.60. The van der Waals surface area contributed by atoms with Gasteiger partial charge in [-0.25, -0.2) is 23.2 Å². The number of nitrogens with one attached hydrogen (secondary N) is 2. The smallest absolute Gasteiger partial charge is 0.339 e. The number of aryl methyl sites for hydroxylation is 1. The lowest BCUT2D eigenvalue weighted by Crippen LogP contribution is -2.10. The number of anilines is 1. The van der Waals surface area contributed by atoms with Gasteiger partial charge in [-0.2, -0.15) is 5.10 Å². The van der Waals surface area contributed by atoms with Crippen LogP contribution in [0.25, 0.3) is 33.5 Å². The van der Waals surface area contributed by atoms with Crippen LogP contribution >= 0.6 is 0 Å². The topological polar surface area (TPSA) is 127 Å². The van der Waals surface area contributed by atoms with Gasteiger partial charge in [0, 0.05) is 17.3 Å². The van der Waals surface area contributed by atoms with Crippen molar-refractivity contribution in [3.05, 3.63) is 59.8 Å². The van der Waals surface area contributed by atoms with E-state index in [1.165, 1.54) is 17.8 Å². The highest BCUT2D eigenvalue weighted by molar-refractivity contribution is 7.92. The number of fused-ring (bicyclic) bond motifs is 1. The van der Waals surface area contributed by atoms with E-state index in [1.807, 2.05) is 24.3 Å². The molecule has 0 atom stereocenters. The van der Waals surface area contributed by atoms with Crippen molar-refractivity contribution in [3.63, 3.8) is 0 Å². The number of aromatic amines is 1. The molecule has 0 fully saturated rings. The molecular formula is C23H23N5O4S. The monoisotopic (exact) mass is 465 g/mol. The zero-order chi connectivity index (χ0) is 23.6. The van der Waals surface area contributed by atoms with Crippen molar-refractivity contribution in [3.8, 4) is 22.5 Å². The highest BCUT2D eigenvalue weighted by Gasteiger charge is 2.21. The molecule has 3 aromatic heterocycles. The van der Waals surface area contributed by atoms with Crippen molar-refractivity contribution in [2.45, 2.75) is 20.3 Å². The summed E-state index contributed by atoms with van der Waals surface area (Å²) in [5.41, 5.74) is 4.52. The molecule has 3 heterocycles. The SMILES string of the molecule is CCOC(=O)c1cc(-c2ccc(NS(C)(=O)=O)nc2)nc2n[nH]c(-c3ccc(CC)cc3)c12. The number of carbonyl (C=O) groups excluding carboxylic acids is 1. The van der Waals surface area contributed by atoms with Gasteiger partial charge in [0.15, 0.2) is 5.65 Å². The zero-order valence-electron chi connectivity index (χ0n) is 18.4. The Balaban J connectivity index is 1.82. The van der Waals surface area contributed by atoms with Crippen molar-refractivity contribution >= 4 is 32.8 Å². The maximum atomic E-state index is 12.9. The molecule has 0 aliphatic rings. The van der Waals surface area contributed by atoms with Gasteiger partial charge in [-0.05, 0) is 37.1 Å². The molecule has 0 amide bonds. The first-order valence-corrected chi connectivity index (χ1v) is 12.3. The molecule has 0 spiro atoms. The van der Waals surface area contributed by atoms with Gasteiger partial charge in [0.1, 0.15) is 5.82 Å². The Kier molecular flexibility index (Phi) is 6.10. The summed E-state index contributed by atoms with van der Waals surface area (Å²) in [6.45, 7) is 4.06. The third-order valence-electron chi connectivity index (χ3n) is 5.02. The van der Waals surface area contributed by atoms with E-state index >= 15 is 0 Å². The van der Waals surface area contributed by atoms with Gasteiger partial charge in [0.2, 0.25) is 10.0 Å². The van der Waals surface area contributed by atoms with Gasteiger partial charge in [0.25, 0.3) is 0 Å². The average molecular weight is 466 g/mol. The number of hydrogen-bond donors (Lipinski definition) is 2. The predicted molar refractivity (Wildman–Crippen MR) is 126 cm³/mol. The predicted octanol–water partition coefficient (Wildman–Crippen LogP) is 3.80. The minimum absolute atomic E-state index is 0.186. The molecule has 2 N–H and O–H groups in total. The number of ether oxygens (including phenoxy) is 1. The number of carbonyl (C=O) groups is 1. The van der Waals surface area contributed by atoms with E-state index in [0.717, 1.165) is 18.2 Å². The first-order chi connectivity index (χ1) is 15.8. The fraction of sp³-hybridized carbons (Fsp3) is 0.217. The molecule has 0 aliphatic heterocycles. The number of nitrogens with zero attached hydrogens (tertiary/aromatic N) is 3. The molecule has 0 bridgehead atoms. The summed E-state index contributed by atoms with van der Waals surface area (Å²) in [5, 5.41) is 7.92. The van der Waals surface area contributed by atoms with Crippen LogP contribution in [0.2, 0.25) is 0 Å². The molecule has 0 radical (unpaired) electrons. The van der Waals surface area contributed by atoms with Gasteiger partial charge in [-0.1, -0.05) is 31.2 Å². The summed E-state index contributed by atoms with van der Waals surface area (Å²) in [7, 11) is -3.44. The molecule has 0 aliphatic carbocycles. The number of H-pyrrole nitrogens is 1. The van der Waals surface area contributed by atoms with Gasteiger partial charge < -0.3 is 4.74 Å². The first kappa shape index (κ1) is 22.4. The van der Waals surface area contributed by atoms with E-state index in [-0.39, 0.29) is 12.4 Å². The normalized spacial score (nSPS) is 11.5. The average Bonchev–Trinajstić information content (AvgIpc) is 3.22. The highest BCUT2D eigenvalue weighted by atomic mass is 32.2. The number of hydrogen-bond acceptors (Lipinski definition) is 7. The number of aromatic nitrogens is 4. The maximum Gasteiger partial charge on any atom is 0.339 e. The molecule has 170 valence electrons. The Labute approximate surface area is 191 Å². The van der Waals surface area contributed by atoms with Crippen LogP contribution in [0.4, 0.5) is 5.82 Å².